The lowest BCUT2D eigenvalue weighted by Crippen LogP contribution is -2.34. The summed E-state index contributed by atoms with van der Waals surface area (Å²) in [5, 5.41) is 13.5. The lowest BCUT2D eigenvalue weighted by Gasteiger charge is -2.31. The quantitative estimate of drug-likeness (QED) is 0.642. The van der Waals surface area contributed by atoms with E-state index < -0.39 is 11.5 Å². The zero-order valence-corrected chi connectivity index (χ0v) is 16.5. The maximum Gasteiger partial charge on any atom is 0.341 e. The molecular weight excluding hydrogens is 389 g/mol. The van der Waals surface area contributed by atoms with Gasteiger partial charge < -0.3 is 20.5 Å². The summed E-state index contributed by atoms with van der Waals surface area (Å²) in [7, 11) is 0. The number of aromatic nitrogens is 3. The highest BCUT2D eigenvalue weighted by atomic mass is 19.1. The van der Waals surface area contributed by atoms with Crippen LogP contribution >= 0.6 is 0 Å². The second-order valence-electron chi connectivity index (χ2n) is 8.11. The van der Waals surface area contributed by atoms with E-state index in [1.165, 1.54) is 22.8 Å². The molecule has 1 aromatic carbocycles. The molecule has 5 rings (SSSR count). The van der Waals surface area contributed by atoms with Crippen LogP contribution in [-0.4, -0.2) is 44.9 Å². The Morgan fingerprint density at radius 2 is 2.30 bits per heavy atom. The third kappa shape index (κ3) is 2.80. The Morgan fingerprint density at radius 1 is 1.47 bits per heavy atom. The molecule has 1 unspecified atom stereocenters. The second-order valence-corrected chi connectivity index (χ2v) is 8.11. The Hall–Kier alpha value is -3.20. The number of ether oxygens (including phenoxy) is 1. The average molecular weight is 411 g/mol. The number of nitrogens with two attached hydrogens (primary N) is 1. The summed E-state index contributed by atoms with van der Waals surface area (Å²) < 4.78 is 21.6. The van der Waals surface area contributed by atoms with Gasteiger partial charge in [0.2, 0.25) is 0 Å². The van der Waals surface area contributed by atoms with Gasteiger partial charge in [0.1, 0.15) is 29.6 Å². The number of anilines is 1. The zero-order valence-electron chi connectivity index (χ0n) is 16.5. The van der Waals surface area contributed by atoms with Crippen molar-refractivity contribution in [2.45, 2.75) is 31.3 Å². The number of rotatable bonds is 6. The van der Waals surface area contributed by atoms with E-state index in [2.05, 4.69) is 15.0 Å². The topological polar surface area (TPSA) is 106 Å². The fourth-order valence-corrected chi connectivity index (χ4v) is 4.61. The molecule has 0 spiro atoms. The molecular formula is C21H22FN5O3. The van der Waals surface area contributed by atoms with Gasteiger partial charge in [-0.2, -0.15) is 5.10 Å². The molecule has 1 saturated carbocycles. The average Bonchev–Trinajstić information content (AvgIpc) is 3.09. The van der Waals surface area contributed by atoms with Crippen LogP contribution in [0.1, 0.15) is 35.7 Å². The van der Waals surface area contributed by atoms with Gasteiger partial charge >= 0.3 is 5.97 Å². The summed E-state index contributed by atoms with van der Waals surface area (Å²) in [5.74, 6) is 0.232. The van der Waals surface area contributed by atoms with Crippen molar-refractivity contribution in [2.75, 3.05) is 18.1 Å². The summed E-state index contributed by atoms with van der Waals surface area (Å²) in [6.45, 7) is 2.93. The molecule has 2 fully saturated rings. The molecule has 3 atom stereocenters. The number of nitrogens with zero attached hydrogens (tertiary/aromatic N) is 4. The number of benzene rings is 1. The lowest BCUT2D eigenvalue weighted by molar-refractivity contribution is 0.0698. The van der Waals surface area contributed by atoms with Crippen LogP contribution in [0.4, 0.5) is 10.2 Å². The Balaban J connectivity index is 1.58. The van der Waals surface area contributed by atoms with Crippen molar-refractivity contribution in [3.63, 3.8) is 0 Å². The molecule has 0 radical (unpaired) electrons. The van der Waals surface area contributed by atoms with Gasteiger partial charge in [0, 0.05) is 24.3 Å². The van der Waals surface area contributed by atoms with Crippen LogP contribution in [0.25, 0.3) is 5.65 Å². The molecule has 3 N–H and O–H groups in total. The predicted octanol–water partition coefficient (Wildman–Crippen LogP) is 2.42. The van der Waals surface area contributed by atoms with E-state index in [0.717, 1.165) is 24.9 Å². The number of piperidine rings is 1. The Labute approximate surface area is 172 Å². The van der Waals surface area contributed by atoms with Crippen LogP contribution < -0.4 is 15.4 Å². The normalized spacial score (nSPS) is 23.4. The highest BCUT2D eigenvalue weighted by Gasteiger charge is 2.64. The maximum absolute atomic E-state index is 14.2. The van der Waals surface area contributed by atoms with Crippen molar-refractivity contribution in [3.8, 4) is 5.75 Å². The number of fused-ring (bicyclic) bond motifs is 2. The van der Waals surface area contributed by atoms with Gasteiger partial charge in [0.15, 0.2) is 5.65 Å². The monoisotopic (exact) mass is 411 g/mol. The largest absolute Gasteiger partial charge is 0.492 e. The second kappa shape index (κ2) is 6.66. The van der Waals surface area contributed by atoms with Crippen LogP contribution in [-0.2, 0) is 5.54 Å². The first kappa shape index (κ1) is 18.8. The first-order chi connectivity index (χ1) is 14.4. The molecule has 156 valence electrons. The minimum Gasteiger partial charge on any atom is -0.492 e. The molecule has 1 aliphatic heterocycles. The van der Waals surface area contributed by atoms with Crippen LogP contribution in [0.5, 0.6) is 5.75 Å². The number of carboxylic acid groups (broad SMARTS) is 1. The minimum absolute atomic E-state index is 0.0455. The number of hydrogen-bond acceptors (Lipinski definition) is 6. The van der Waals surface area contributed by atoms with E-state index in [1.54, 1.807) is 12.3 Å². The van der Waals surface area contributed by atoms with Gasteiger partial charge in [-0.15, -0.1) is 0 Å². The first-order valence-corrected chi connectivity index (χ1v) is 9.94. The number of aromatic carboxylic acids is 1. The Bertz CT molecular complexity index is 1150. The molecule has 0 amide bonds. The van der Waals surface area contributed by atoms with E-state index >= 15 is 0 Å². The van der Waals surface area contributed by atoms with Gasteiger partial charge in [-0.25, -0.2) is 18.7 Å². The van der Waals surface area contributed by atoms with Crippen LogP contribution in [0, 0.1) is 11.7 Å². The van der Waals surface area contributed by atoms with Gasteiger partial charge in [-0.1, -0.05) is 0 Å². The van der Waals surface area contributed by atoms with Gasteiger partial charge in [-0.05, 0) is 49.9 Å². The van der Waals surface area contributed by atoms with Crippen molar-refractivity contribution in [3.05, 3.63) is 53.6 Å². The summed E-state index contributed by atoms with van der Waals surface area (Å²) in [6.07, 6.45) is 4.80. The SMILES string of the molecule is CC(N)COc1ccc(F)cc1[C@@]12C[C@@H]1CCN2c1ccn2ncc(C(=O)O)c2n1. The van der Waals surface area contributed by atoms with Crippen molar-refractivity contribution in [2.24, 2.45) is 11.7 Å². The predicted molar refractivity (Wildman–Crippen MR) is 107 cm³/mol. The number of carbonyl (C=O) groups is 1. The highest BCUT2D eigenvalue weighted by molar-refractivity contribution is 5.94. The van der Waals surface area contributed by atoms with Gasteiger partial charge in [-0.3, -0.25) is 0 Å². The molecule has 2 aromatic heterocycles. The summed E-state index contributed by atoms with van der Waals surface area (Å²) in [5.41, 5.74) is 6.55. The molecule has 3 aromatic rings. The van der Waals surface area contributed by atoms with E-state index in [-0.39, 0.29) is 23.1 Å². The van der Waals surface area contributed by atoms with Gasteiger partial charge in [0.25, 0.3) is 0 Å². The summed E-state index contributed by atoms with van der Waals surface area (Å²) in [6, 6.07) is 6.26. The Kier molecular flexibility index (Phi) is 4.18. The van der Waals surface area contributed by atoms with Gasteiger partial charge in [0.05, 0.1) is 11.7 Å². The molecule has 3 heterocycles. The number of hydrogen-bond donors (Lipinski definition) is 2. The molecule has 1 aliphatic carbocycles. The third-order valence-corrected chi connectivity index (χ3v) is 6.03. The molecule has 8 nitrogen and oxygen atoms in total. The smallest absolute Gasteiger partial charge is 0.341 e. The van der Waals surface area contributed by atoms with Crippen molar-refractivity contribution in [1.82, 2.24) is 14.6 Å². The number of halogens is 1. The standard InChI is InChI=1S/C21H22FN5O3/c1-12(23)11-30-17-3-2-14(22)8-16(17)21-9-13(21)4-6-26(21)18-5-7-27-19(25-18)15(10-24-27)20(28)29/h2-3,5,7-8,10,12-13H,4,6,9,11,23H2,1H3,(H,28,29)/t12?,13-,21+/m0/s1. The molecule has 1 saturated heterocycles. The fourth-order valence-electron chi connectivity index (χ4n) is 4.61. The van der Waals surface area contributed by atoms with Crippen LogP contribution in [0.3, 0.4) is 0 Å². The maximum atomic E-state index is 14.2. The van der Waals surface area contributed by atoms with Crippen molar-refractivity contribution >= 4 is 17.4 Å². The van der Waals surface area contributed by atoms with E-state index in [9.17, 15) is 14.3 Å². The van der Waals surface area contributed by atoms with Crippen LogP contribution in [0.15, 0.2) is 36.7 Å². The third-order valence-electron chi connectivity index (χ3n) is 6.03. The summed E-state index contributed by atoms with van der Waals surface area (Å²) >= 11 is 0. The first-order valence-electron chi connectivity index (χ1n) is 9.94. The Morgan fingerprint density at radius 3 is 3.03 bits per heavy atom. The zero-order chi connectivity index (χ0) is 21.0. The molecule has 2 aliphatic rings. The van der Waals surface area contributed by atoms with Crippen LogP contribution in [0.2, 0.25) is 0 Å². The lowest BCUT2D eigenvalue weighted by atomic mass is 10.0. The molecule has 0 bridgehead atoms. The molecule has 9 heteroatoms. The van der Waals surface area contributed by atoms with Crippen molar-refractivity contribution in [1.29, 1.82) is 0 Å². The minimum atomic E-state index is -1.08. The van der Waals surface area contributed by atoms with E-state index in [0.29, 0.717) is 24.1 Å². The van der Waals surface area contributed by atoms with E-state index in [4.69, 9.17) is 10.5 Å². The van der Waals surface area contributed by atoms with E-state index in [1.807, 2.05) is 13.0 Å². The molecule has 30 heavy (non-hydrogen) atoms. The summed E-state index contributed by atoms with van der Waals surface area (Å²) in [4.78, 5) is 18.2. The fraction of sp³-hybridized carbons (Fsp3) is 0.381. The van der Waals surface area contributed by atoms with Crippen molar-refractivity contribution < 1.29 is 19.0 Å². The highest BCUT2D eigenvalue weighted by Crippen LogP contribution is 2.64. The number of carboxylic acids is 1.